The predicted octanol–water partition coefficient (Wildman–Crippen LogP) is 4.02. The summed E-state index contributed by atoms with van der Waals surface area (Å²) in [5.74, 6) is -0.424. The Hall–Kier alpha value is -2.45. The monoisotopic (exact) mass is 487 g/mol. The molecule has 2 aromatic rings. The van der Waals surface area contributed by atoms with Gasteiger partial charge in [-0.25, -0.2) is 12.8 Å². The fourth-order valence-corrected chi connectivity index (χ4v) is 6.44. The summed E-state index contributed by atoms with van der Waals surface area (Å²) in [7, 11) is -3.79. The number of hydrogen-bond acceptors (Lipinski definition) is 4. The van der Waals surface area contributed by atoms with E-state index in [1.165, 1.54) is 10.4 Å². The number of carbonyl (C=O) groups excluding carboxylic acids is 1. The van der Waals surface area contributed by atoms with Crippen molar-refractivity contribution in [3.63, 3.8) is 0 Å². The fourth-order valence-electron chi connectivity index (χ4n) is 4.79. The topological polar surface area (TPSA) is 60.9 Å². The molecule has 1 atom stereocenters. The third-order valence-corrected chi connectivity index (χ3v) is 8.77. The molecule has 0 saturated carbocycles. The van der Waals surface area contributed by atoms with Crippen molar-refractivity contribution in [2.75, 3.05) is 37.6 Å². The first kappa shape index (κ1) is 24.7. The first-order chi connectivity index (χ1) is 16.1. The Morgan fingerprint density at radius 2 is 1.56 bits per heavy atom. The Bertz CT molecular complexity index is 1120. The van der Waals surface area contributed by atoms with Crippen molar-refractivity contribution in [3.05, 3.63) is 59.9 Å². The van der Waals surface area contributed by atoms with Gasteiger partial charge in [0, 0.05) is 32.7 Å². The van der Waals surface area contributed by atoms with Gasteiger partial charge in [0.05, 0.1) is 10.6 Å². The molecule has 34 heavy (non-hydrogen) atoms. The first-order valence-corrected chi connectivity index (χ1v) is 13.4. The van der Waals surface area contributed by atoms with Gasteiger partial charge < -0.3 is 9.80 Å². The van der Waals surface area contributed by atoms with E-state index in [0.717, 1.165) is 18.4 Å². The zero-order valence-electron chi connectivity index (χ0n) is 20.2. The van der Waals surface area contributed by atoms with Crippen LogP contribution in [0.4, 0.5) is 10.1 Å². The molecule has 2 saturated heterocycles. The number of nitrogens with zero attached hydrogens (tertiary/aromatic N) is 3. The quantitative estimate of drug-likeness (QED) is 0.654. The molecular weight excluding hydrogens is 453 g/mol. The summed E-state index contributed by atoms with van der Waals surface area (Å²) in [5, 5.41) is 0. The van der Waals surface area contributed by atoms with Crippen LogP contribution >= 0.6 is 0 Å². The maximum Gasteiger partial charge on any atom is 0.243 e. The molecule has 1 amide bonds. The van der Waals surface area contributed by atoms with Gasteiger partial charge in [0.2, 0.25) is 15.9 Å². The number of hydrogen-bond donors (Lipinski definition) is 0. The van der Waals surface area contributed by atoms with Crippen molar-refractivity contribution in [2.24, 2.45) is 0 Å². The molecule has 2 aliphatic heterocycles. The highest BCUT2D eigenvalue weighted by atomic mass is 32.2. The number of para-hydroxylation sites is 1. The van der Waals surface area contributed by atoms with E-state index in [1.807, 2.05) is 17.0 Å². The molecule has 6 nitrogen and oxygen atoms in total. The Morgan fingerprint density at radius 3 is 2.18 bits per heavy atom. The highest BCUT2D eigenvalue weighted by molar-refractivity contribution is 7.89. The van der Waals surface area contributed by atoms with Crippen LogP contribution < -0.4 is 4.90 Å². The second-order valence-corrected chi connectivity index (χ2v) is 12.1. The largest absolute Gasteiger partial charge is 0.366 e. The van der Waals surface area contributed by atoms with E-state index in [0.29, 0.717) is 44.8 Å². The van der Waals surface area contributed by atoms with Crippen LogP contribution in [-0.4, -0.2) is 62.3 Å². The van der Waals surface area contributed by atoms with Gasteiger partial charge >= 0.3 is 0 Å². The third-order valence-electron chi connectivity index (χ3n) is 6.85. The number of piperazine rings is 1. The lowest BCUT2D eigenvalue weighted by Crippen LogP contribution is -2.57. The SMILES string of the molecule is CC(C)(C)c1ccc(S(=O)(=O)N2CCCCC2C(=O)N2CCN(c3ccccc3F)CC2)cc1. The number of piperidine rings is 1. The smallest absolute Gasteiger partial charge is 0.243 e. The number of anilines is 1. The number of carbonyl (C=O) groups is 1. The van der Waals surface area contributed by atoms with Crippen LogP contribution in [0.25, 0.3) is 0 Å². The van der Waals surface area contributed by atoms with E-state index in [1.54, 1.807) is 35.2 Å². The van der Waals surface area contributed by atoms with Crippen LogP contribution in [0.15, 0.2) is 53.4 Å². The molecule has 2 heterocycles. The van der Waals surface area contributed by atoms with Crippen molar-refractivity contribution in [1.82, 2.24) is 9.21 Å². The van der Waals surface area contributed by atoms with Gasteiger partial charge in [-0.05, 0) is 48.1 Å². The third kappa shape index (κ3) is 4.98. The maximum atomic E-state index is 14.2. The molecule has 0 bridgehead atoms. The number of amides is 1. The molecule has 0 aliphatic carbocycles. The van der Waals surface area contributed by atoms with E-state index in [9.17, 15) is 17.6 Å². The molecule has 184 valence electrons. The average Bonchev–Trinajstić information content (AvgIpc) is 2.83. The molecule has 0 spiro atoms. The molecule has 2 aromatic carbocycles. The standard InChI is InChI=1S/C26H34FN3O3S/c1-26(2,3)20-11-13-21(14-12-20)34(32,33)30-15-7-6-10-24(30)25(31)29-18-16-28(17-19-29)23-9-5-4-8-22(23)27/h4-5,8-9,11-14,24H,6-7,10,15-19H2,1-3H3. The maximum absolute atomic E-state index is 14.2. The van der Waals surface area contributed by atoms with Crippen molar-refractivity contribution in [2.45, 2.75) is 56.4 Å². The molecular formula is C26H34FN3O3S. The van der Waals surface area contributed by atoms with Gasteiger partial charge in [-0.15, -0.1) is 0 Å². The molecule has 0 radical (unpaired) electrons. The molecule has 2 aliphatic rings. The summed E-state index contributed by atoms with van der Waals surface area (Å²) in [5.41, 5.74) is 1.53. The Labute approximate surface area is 202 Å². The van der Waals surface area contributed by atoms with Crippen molar-refractivity contribution >= 4 is 21.6 Å². The Kier molecular flexibility index (Phi) is 7.01. The predicted molar refractivity (Wildman–Crippen MR) is 132 cm³/mol. The van der Waals surface area contributed by atoms with Crippen molar-refractivity contribution < 1.29 is 17.6 Å². The Balaban J connectivity index is 1.48. The Morgan fingerprint density at radius 1 is 0.912 bits per heavy atom. The molecule has 0 aromatic heterocycles. The summed E-state index contributed by atoms with van der Waals surface area (Å²) in [6.45, 7) is 8.51. The lowest BCUT2D eigenvalue weighted by atomic mass is 9.87. The number of benzene rings is 2. The lowest BCUT2D eigenvalue weighted by molar-refractivity contribution is -0.136. The average molecular weight is 488 g/mol. The van der Waals surface area contributed by atoms with E-state index in [4.69, 9.17) is 0 Å². The zero-order chi connectivity index (χ0) is 24.5. The van der Waals surface area contributed by atoms with Crippen molar-refractivity contribution in [3.8, 4) is 0 Å². The minimum atomic E-state index is -3.79. The number of rotatable bonds is 4. The second kappa shape index (κ2) is 9.66. The summed E-state index contributed by atoms with van der Waals surface area (Å²) in [6.07, 6.45) is 2.08. The highest BCUT2D eigenvalue weighted by Crippen LogP contribution is 2.29. The van der Waals surface area contributed by atoms with Crippen LogP contribution in [-0.2, 0) is 20.2 Å². The van der Waals surface area contributed by atoms with Gasteiger partial charge in [-0.3, -0.25) is 4.79 Å². The van der Waals surface area contributed by atoms with Gasteiger partial charge in [0.1, 0.15) is 11.9 Å². The zero-order valence-corrected chi connectivity index (χ0v) is 21.0. The van der Waals surface area contributed by atoms with Crippen LogP contribution in [0, 0.1) is 5.82 Å². The van der Waals surface area contributed by atoms with Crippen LogP contribution in [0.5, 0.6) is 0 Å². The molecule has 4 rings (SSSR count). The summed E-state index contributed by atoms with van der Waals surface area (Å²) in [6, 6.07) is 13.0. The lowest BCUT2D eigenvalue weighted by Gasteiger charge is -2.41. The summed E-state index contributed by atoms with van der Waals surface area (Å²) in [4.78, 5) is 17.4. The molecule has 1 unspecified atom stereocenters. The molecule has 8 heteroatoms. The van der Waals surface area contributed by atoms with E-state index in [2.05, 4.69) is 20.8 Å². The minimum absolute atomic E-state index is 0.0727. The van der Waals surface area contributed by atoms with Crippen LogP contribution in [0.2, 0.25) is 0 Å². The minimum Gasteiger partial charge on any atom is -0.366 e. The van der Waals surface area contributed by atoms with E-state index < -0.39 is 16.1 Å². The van der Waals surface area contributed by atoms with Gasteiger partial charge in [0.15, 0.2) is 0 Å². The van der Waals surface area contributed by atoms with Gasteiger partial charge in [-0.2, -0.15) is 4.31 Å². The summed E-state index contributed by atoms with van der Waals surface area (Å²) >= 11 is 0. The van der Waals surface area contributed by atoms with E-state index in [-0.39, 0.29) is 22.0 Å². The second-order valence-electron chi connectivity index (χ2n) is 10.2. The number of halogens is 1. The normalized spacial score (nSPS) is 20.4. The van der Waals surface area contributed by atoms with Gasteiger partial charge in [0.25, 0.3) is 0 Å². The van der Waals surface area contributed by atoms with Crippen LogP contribution in [0.1, 0.15) is 45.6 Å². The van der Waals surface area contributed by atoms with Gasteiger partial charge in [-0.1, -0.05) is 51.5 Å². The fraction of sp³-hybridized carbons (Fsp3) is 0.500. The van der Waals surface area contributed by atoms with Crippen molar-refractivity contribution in [1.29, 1.82) is 0 Å². The molecule has 2 fully saturated rings. The van der Waals surface area contributed by atoms with E-state index >= 15 is 0 Å². The number of sulfonamides is 1. The first-order valence-electron chi connectivity index (χ1n) is 12.0. The van der Waals surface area contributed by atoms with Crippen LogP contribution in [0.3, 0.4) is 0 Å². The highest BCUT2D eigenvalue weighted by Gasteiger charge is 2.40. The summed E-state index contributed by atoms with van der Waals surface area (Å²) < 4.78 is 42.6. The molecule has 0 N–H and O–H groups in total.